The van der Waals surface area contributed by atoms with Crippen LogP contribution in [-0.4, -0.2) is 35.8 Å². The Hall–Kier alpha value is 0.270. The van der Waals surface area contributed by atoms with Gasteiger partial charge in [-0.1, -0.05) is 12.8 Å². The van der Waals surface area contributed by atoms with Gasteiger partial charge in [-0.2, -0.15) is 11.8 Å². The van der Waals surface area contributed by atoms with Gasteiger partial charge in [0.2, 0.25) is 0 Å². The van der Waals surface area contributed by atoms with Crippen LogP contribution in [0.25, 0.3) is 0 Å². The van der Waals surface area contributed by atoms with Gasteiger partial charge in [-0.25, -0.2) is 0 Å². The van der Waals surface area contributed by atoms with E-state index >= 15 is 0 Å². The van der Waals surface area contributed by atoms with Gasteiger partial charge in [-0.3, -0.25) is 0 Å². The van der Waals surface area contributed by atoms with Crippen LogP contribution in [0.3, 0.4) is 0 Å². The number of thioether (sulfide) groups is 1. The van der Waals surface area contributed by atoms with E-state index in [2.05, 4.69) is 24.0 Å². The molecule has 1 spiro atoms. The summed E-state index contributed by atoms with van der Waals surface area (Å²) in [5, 5.41) is 3.92. The minimum absolute atomic E-state index is 0.232. The van der Waals surface area contributed by atoms with Crippen molar-refractivity contribution in [2.75, 3.05) is 18.1 Å². The fourth-order valence-electron chi connectivity index (χ4n) is 4.00. The van der Waals surface area contributed by atoms with Gasteiger partial charge in [0.25, 0.3) is 0 Å². The molecule has 2 aliphatic heterocycles. The van der Waals surface area contributed by atoms with E-state index in [0.29, 0.717) is 12.1 Å². The quantitative estimate of drug-likeness (QED) is 0.850. The number of hydrogen-bond acceptors (Lipinski definition) is 3. The van der Waals surface area contributed by atoms with Crippen LogP contribution in [0.15, 0.2) is 0 Å². The van der Waals surface area contributed by atoms with Crippen LogP contribution in [0.2, 0.25) is 0 Å². The van der Waals surface area contributed by atoms with Gasteiger partial charge in [-0.05, 0) is 50.7 Å². The molecular weight excluding hydrogens is 242 g/mol. The maximum atomic E-state index is 6.10. The van der Waals surface area contributed by atoms with Crippen LogP contribution in [0.1, 0.15) is 51.9 Å². The van der Waals surface area contributed by atoms with Crippen LogP contribution in [0, 0.1) is 5.92 Å². The first kappa shape index (κ1) is 13.3. The molecule has 0 aromatic rings. The van der Waals surface area contributed by atoms with Gasteiger partial charge in [-0.15, -0.1) is 0 Å². The molecule has 2 saturated heterocycles. The molecule has 2 nitrogen and oxygen atoms in total. The molecule has 3 aliphatic rings. The zero-order valence-electron chi connectivity index (χ0n) is 11.6. The Balaban J connectivity index is 1.52. The van der Waals surface area contributed by atoms with E-state index in [-0.39, 0.29) is 5.60 Å². The van der Waals surface area contributed by atoms with Gasteiger partial charge in [0.05, 0.1) is 5.60 Å². The van der Waals surface area contributed by atoms with Gasteiger partial charge in [0.15, 0.2) is 0 Å². The molecular formula is C15H27NOS. The molecule has 3 heteroatoms. The van der Waals surface area contributed by atoms with E-state index in [1.807, 2.05) is 0 Å². The highest BCUT2D eigenvalue weighted by Crippen LogP contribution is 2.38. The van der Waals surface area contributed by atoms with Gasteiger partial charge < -0.3 is 10.1 Å². The average Bonchev–Trinajstić information content (AvgIpc) is 3.01. The van der Waals surface area contributed by atoms with Crippen LogP contribution >= 0.6 is 11.8 Å². The van der Waals surface area contributed by atoms with Crippen LogP contribution in [0.4, 0.5) is 0 Å². The molecule has 0 amide bonds. The Bertz CT molecular complexity index is 272. The first-order chi connectivity index (χ1) is 8.77. The largest absolute Gasteiger partial charge is 0.374 e. The lowest BCUT2D eigenvalue weighted by Crippen LogP contribution is -2.50. The second kappa shape index (κ2) is 5.72. The van der Waals surface area contributed by atoms with Crippen LogP contribution in [0.5, 0.6) is 0 Å². The maximum Gasteiger partial charge on any atom is 0.0795 e. The molecule has 18 heavy (non-hydrogen) atoms. The lowest BCUT2D eigenvalue weighted by atomic mass is 9.88. The second-order valence-corrected chi connectivity index (χ2v) is 7.63. The minimum Gasteiger partial charge on any atom is -0.374 e. The Labute approximate surface area is 116 Å². The molecule has 2 unspecified atom stereocenters. The third-order valence-corrected chi connectivity index (χ3v) is 6.39. The zero-order chi connectivity index (χ0) is 12.4. The van der Waals surface area contributed by atoms with Crippen molar-refractivity contribution in [3.63, 3.8) is 0 Å². The molecule has 3 rings (SSSR count). The summed E-state index contributed by atoms with van der Waals surface area (Å²) >= 11 is 2.07. The zero-order valence-corrected chi connectivity index (χ0v) is 12.4. The normalized spacial score (nSPS) is 39.5. The number of rotatable bonds is 3. The Kier molecular flexibility index (Phi) is 4.21. The smallest absolute Gasteiger partial charge is 0.0795 e. The lowest BCUT2D eigenvalue weighted by molar-refractivity contribution is -0.0718. The summed E-state index contributed by atoms with van der Waals surface area (Å²) in [6, 6.07) is 1.41. The summed E-state index contributed by atoms with van der Waals surface area (Å²) in [6.45, 7) is 3.37. The monoisotopic (exact) mass is 269 g/mol. The molecule has 1 N–H and O–H groups in total. The van der Waals surface area contributed by atoms with Gasteiger partial charge in [0.1, 0.15) is 0 Å². The first-order valence-corrected chi connectivity index (χ1v) is 8.91. The predicted molar refractivity (Wildman–Crippen MR) is 78.2 cm³/mol. The summed E-state index contributed by atoms with van der Waals surface area (Å²) in [4.78, 5) is 0. The SMILES string of the molecule is C[C@H](NC1CCOC2(CCSC2)C1)C1CCCC1. The highest BCUT2D eigenvalue weighted by Gasteiger charge is 2.40. The topological polar surface area (TPSA) is 21.3 Å². The molecule has 1 saturated carbocycles. The molecule has 0 aromatic carbocycles. The molecule has 1 aliphatic carbocycles. The summed E-state index contributed by atoms with van der Waals surface area (Å²) in [5.41, 5.74) is 0.232. The highest BCUT2D eigenvalue weighted by molar-refractivity contribution is 7.99. The van der Waals surface area contributed by atoms with E-state index in [4.69, 9.17) is 4.74 Å². The number of nitrogens with one attached hydrogen (secondary N) is 1. The Morgan fingerprint density at radius 3 is 2.83 bits per heavy atom. The van der Waals surface area contributed by atoms with Crippen molar-refractivity contribution in [3.8, 4) is 0 Å². The van der Waals surface area contributed by atoms with E-state index in [1.54, 1.807) is 0 Å². The first-order valence-electron chi connectivity index (χ1n) is 7.75. The molecule has 3 atom stereocenters. The van der Waals surface area contributed by atoms with Crippen molar-refractivity contribution in [2.24, 2.45) is 5.92 Å². The standard InChI is InChI=1S/C15H27NOS/c1-12(13-4-2-3-5-13)16-14-6-8-17-15(10-14)7-9-18-11-15/h12-14,16H,2-11H2,1H3/t12-,14?,15?/m0/s1. The number of hydrogen-bond donors (Lipinski definition) is 1. The molecule has 3 fully saturated rings. The van der Waals surface area contributed by atoms with E-state index in [1.165, 1.54) is 56.5 Å². The Morgan fingerprint density at radius 1 is 1.28 bits per heavy atom. The van der Waals surface area contributed by atoms with E-state index < -0.39 is 0 Å². The van der Waals surface area contributed by atoms with Crippen molar-refractivity contribution < 1.29 is 4.74 Å². The van der Waals surface area contributed by atoms with Crippen molar-refractivity contribution in [2.45, 2.75) is 69.6 Å². The molecule has 2 heterocycles. The molecule has 0 radical (unpaired) electrons. The summed E-state index contributed by atoms with van der Waals surface area (Å²) in [6.07, 6.45) is 9.51. The number of ether oxygens (including phenoxy) is 1. The lowest BCUT2D eigenvalue weighted by Gasteiger charge is -2.40. The molecule has 104 valence electrons. The predicted octanol–water partition coefficient (Wildman–Crippen LogP) is 3.21. The molecule has 0 bridgehead atoms. The van der Waals surface area contributed by atoms with Crippen molar-refractivity contribution in [1.82, 2.24) is 5.32 Å². The maximum absolute atomic E-state index is 6.10. The summed E-state index contributed by atoms with van der Waals surface area (Å²) in [7, 11) is 0. The third-order valence-electron chi connectivity index (χ3n) is 5.17. The summed E-state index contributed by atoms with van der Waals surface area (Å²) in [5.74, 6) is 3.45. The summed E-state index contributed by atoms with van der Waals surface area (Å²) < 4.78 is 6.10. The molecule has 0 aromatic heterocycles. The average molecular weight is 269 g/mol. The fraction of sp³-hybridized carbons (Fsp3) is 1.00. The Morgan fingerprint density at radius 2 is 2.11 bits per heavy atom. The van der Waals surface area contributed by atoms with Crippen molar-refractivity contribution in [1.29, 1.82) is 0 Å². The second-order valence-electron chi connectivity index (χ2n) is 6.52. The van der Waals surface area contributed by atoms with E-state index in [0.717, 1.165) is 12.5 Å². The minimum atomic E-state index is 0.232. The van der Waals surface area contributed by atoms with Gasteiger partial charge in [0, 0.05) is 24.4 Å². The van der Waals surface area contributed by atoms with Crippen LogP contribution in [-0.2, 0) is 4.74 Å². The fourth-order valence-corrected chi connectivity index (χ4v) is 5.38. The van der Waals surface area contributed by atoms with Crippen LogP contribution < -0.4 is 5.32 Å². The van der Waals surface area contributed by atoms with Crippen molar-refractivity contribution >= 4 is 11.8 Å². The highest BCUT2D eigenvalue weighted by atomic mass is 32.2. The van der Waals surface area contributed by atoms with Crippen molar-refractivity contribution in [3.05, 3.63) is 0 Å². The third kappa shape index (κ3) is 2.88. The van der Waals surface area contributed by atoms with Gasteiger partial charge >= 0.3 is 0 Å². The van der Waals surface area contributed by atoms with E-state index in [9.17, 15) is 0 Å².